The average molecular weight is 882 g/mol. The molecule has 8 aromatic carbocycles. The fourth-order valence-electron chi connectivity index (χ4n) is 10.5. The van der Waals surface area contributed by atoms with Crippen molar-refractivity contribution >= 4 is 65.4 Å². The number of pyridine rings is 2. The van der Waals surface area contributed by atoms with Crippen molar-refractivity contribution in [2.24, 2.45) is 0 Å². The Balaban J connectivity index is 0.890. The summed E-state index contributed by atoms with van der Waals surface area (Å²) >= 11 is 0. The largest absolute Gasteiger partial charge is 0.309 e. The van der Waals surface area contributed by atoms with Crippen molar-refractivity contribution in [3.8, 4) is 62.2 Å². The molecule has 7 nitrogen and oxygen atoms in total. The molecule has 0 aliphatic rings. The van der Waals surface area contributed by atoms with Crippen molar-refractivity contribution in [1.29, 1.82) is 0 Å². The lowest BCUT2D eigenvalue weighted by molar-refractivity contribution is 1.08. The number of hydrogen-bond acceptors (Lipinski definition) is 4. The third-order valence-electron chi connectivity index (χ3n) is 13.6. The third-order valence-corrected chi connectivity index (χ3v) is 13.6. The monoisotopic (exact) mass is 881 g/mol. The average Bonchev–Trinajstić information content (AvgIpc) is 4.06. The van der Waals surface area contributed by atoms with Crippen molar-refractivity contribution in [3.63, 3.8) is 0 Å². The topological polar surface area (TPSA) is 66.3 Å². The van der Waals surface area contributed by atoms with Crippen LogP contribution in [-0.4, -0.2) is 33.6 Å². The van der Waals surface area contributed by atoms with Crippen LogP contribution in [0.4, 0.5) is 0 Å². The quantitative estimate of drug-likeness (QED) is 0.160. The molecular formula is C62H39N7. The van der Waals surface area contributed by atoms with Gasteiger partial charge in [0, 0.05) is 72.8 Å². The van der Waals surface area contributed by atoms with E-state index in [0.717, 1.165) is 106 Å². The van der Waals surface area contributed by atoms with Crippen LogP contribution >= 0.6 is 0 Å². The molecule has 0 bridgehead atoms. The van der Waals surface area contributed by atoms with Crippen molar-refractivity contribution in [2.45, 2.75) is 0 Å². The lowest BCUT2D eigenvalue weighted by atomic mass is 10.0. The van der Waals surface area contributed by atoms with Crippen LogP contribution in [0, 0.1) is 0 Å². The van der Waals surface area contributed by atoms with Crippen LogP contribution in [0.3, 0.4) is 0 Å². The van der Waals surface area contributed by atoms with Crippen LogP contribution in [0.5, 0.6) is 0 Å². The van der Waals surface area contributed by atoms with Gasteiger partial charge in [0.05, 0.1) is 50.7 Å². The normalized spacial score (nSPS) is 11.8. The second kappa shape index (κ2) is 15.6. The minimum atomic E-state index is 0.664. The summed E-state index contributed by atoms with van der Waals surface area (Å²) in [7, 11) is 0. The van der Waals surface area contributed by atoms with Crippen molar-refractivity contribution in [3.05, 3.63) is 237 Å². The van der Waals surface area contributed by atoms with Crippen LogP contribution in [0.2, 0.25) is 0 Å². The van der Waals surface area contributed by atoms with Gasteiger partial charge in [0.2, 0.25) is 0 Å². The van der Waals surface area contributed by atoms with E-state index in [-0.39, 0.29) is 0 Å². The molecule has 0 unspecified atom stereocenters. The zero-order valence-electron chi connectivity index (χ0n) is 37.1. The van der Waals surface area contributed by atoms with Gasteiger partial charge in [-0.2, -0.15) is 0 Å². The molecule has 0 amide bonds. The summed E-state index contributed by atoms with van der Waals surface area (Å²) in [6.07, 6.45) is 5.72. The van der Waals surface area contributed by atoms with Crippen LogP contribution in [0.25, 0.3) is 128 Å². The molecule has 0 saturated carbocycles. The minimum absolute atomic E-state index is 0.664. The van der Waals surface area contributed by atoms with Crippen LogP contribution in [0.15, 0.2) is 237 Å². The number of fused-ring (bicyclic) bond motifs is 9. The molecule has 14 aromatic rings. The molecular weight excluding hydrogens is 843 g/mol. The molecule has 0 spiro atoms. The molecule has 0 aliphatic heterocycles. The fourth-order valence-corrected chi connectivity index (χ4v) is 10.5. The summed E-state index contributed by atoms with van der Waals surface area (Å²) in [5, 5.41) is 6.96. The van der Waals surface area contributed by atoms with Crippen molar-refractivity contribution < 1.29 is 0 Å². The summed E-state index contributed by atoms with van der Waals surface area (Å²) < 4.78 is 6.98. The Morgan fingerprint density at radius 3 is 1.71 bits per heavy atom. The van der Waals surface area contributed by atoms with E-state index < -0.39 is 0 Å². The van der Waals surface area contributed by atoms with Gasteiger partial charge >= 0.3 is 0 Å². The number of aromatic nitrogens is 7. The van der Waals surface area contributed by atoms with E-state index in [1.54, 1.807) is 0 Å². The van der Waals surface area contributed by atoms with Gasteiger partial charge in [0.25, 0.3) is 0 Å². The van der Waals surface area contributed by atoms with E-state index >= 15 is 0 Å². The summed E-state index contributed by atoms with van der Waals surface area (Å²) in [5.74, 6) is 1.52. The summed E-state index contributed by atoms with van der Waals surface area (Å²) in [6, 6.07) is 77.3. The summed E-state index contributed by atoms with van der Waals surface area (Å²) in [5.41, 5.74) is 15.8. The van der Waals surface area contributed by atoms with E-state index in [1.807, 2.05) is 30.7 Å². The van der Waals surface area contributed by atoms with Gasteiger partial charge in [0.1, 0.15) is 5.82 Å². The lowest BCUT2D eigenvalue weighted by Gasteiger charge is -2.13. The van der Waals surface area contributed by atoms with E-state index in [0.29, 0.717) is 5.82 Å². The molecule has 0 N–H and O–H groups in total. The predicted molar refractivity (Wildman–Crippen MR) is 282 cm³/mol. The van der Waals surface area contributed by atoms with E-state index in [2.05, 4.69) is 225 Å². The first-order chi connectivity index (χ1) is 34.2. The maximum absolute atomic E-state index is 5.33. The molecule has 322 valence electrons. The second-order valence-electron chi connectivity index (χ2n) is 17.5. The Morgan fingerprint density at radius 1 is 0.290 bits per heavy atom. The van der Waals surface area contributed by atoms with Gasteiger partial charge in [-0.15, -0.1) is 0 Å². The van der Waals surface area contributed by atoms with Gasteiger partial charge in [-0.05, 0) is 102 Å². The number of benzene rings is 8. The highest BCUT2D eigenvalue weighted by molar-refractivity contribution is 6.13. The molecule has 7 heteroatoms. The van der Waals surface area contributed by atoms with Gasteiger partial charge < -0.3 is 9.13 Å². The molecule has 0 aliphatic carbocycles. The van der Waals surface area contributed by atoms with Crippen molar-refractivity contribution in [1.82, 2.24) is 33.6 Å². The number of nitrogens with zero attached hydrogens (tertiary/aromatic N) is 7. The molecule has 0 fully saturated rings. The zero-order chi connectivity index (χ0) is 45.4. The first-order valence-corrected chi connectivity index (χ1v) is 23.2. The Hall–Kier alpha value is -9.46. The van der Waals surface area contributed by atoms with Gasteiger partial charge in [-0.25, -0.2) is 15.0 Å². The smallest absolute Gasteiger partial charge is 0.159 e. The Morgan fingerprint density at radius 2 is 0.899 bits per heavy atom. The standard InChI is InChI=1S/C62H39N7/c1-4-14-40(15-5-1)44-35-54(41-16-6-2-7-17-41)65-61(37-44)69-56-23-13-11-21-48(56)51-34-43(25-28-58(51)69)62-64-33-31-53(66-62)42-24-27-49-47-20-10-12-22-55(47)68(59(49)36-42)46-26-29-57-52(38-46)50-30-32-63-39-60(50)67(57)45-18-8-3-9-19-45/h1-39H. The maximum Gasteiger partial charge on any atom is 0.159 e. The first kappa shape index (κ1) is 38.8. The highest BCUT2D eigenvalue weighted by Gasteiger charge is 2.20. The summed E-state index contributed by atoms with van der Waals surface area (Å²) in [4.78, 5) is 20.0. The van der Waals surface area contributed by atoms with Crippen LogP contribution in [-0.2, 0) is 0 Å². The molecule has 69 heavy (non-hydrogen) atoms. The minimum Gasteiger partial charge on any atom is -0.309 e. The Labute approximate surface area is 396 Å². The molecule has 6 heterocycles. The zero-order valence-corrected chi connectivity index (χ0v) is 37.1. The van der Waals surface area contributed by atoms with E-state index in [4.69, 9.17) is 15.0 Å². The van der Waals surface area contributed by atoms with Gasteiger partial charge in [-0.1, -0.05) is 127 Å². The molecule has 6 aromatic heterocycles. The molecule has 0 radical (unpaired) electrons. The van der Waals surface area contributed by atoms with Crippen molar-refractivity contribution in [2.75, 3.05) is 0 Å². The molecule has 0 atom stereocenters. The Bertz CT molecular complexity index is 4240. The number of rotatable bonds is 7. The van der Waals surface area contributed by atoms with Crippen LogP contribution in [0.1, 0.15) is 0 Å². The second-order valence-corrected chi connectivity index (χ2v) is 17.5. The van der Waals surface area contributed by atoms with Gasteiger partial charge in [-0.3, -0.25) is 9.55 Å². The van der Waals surface area contributed by atoms with E-state index in [9.17, 15) is 0 Å². The SMILES string of the molecule is c1ccc(-c2cc(-c3ccccc3)nc(-n3c4ccccc4c4cc(-c5nccc(-c6ccc7c8ccccc8n(-c8ccc9c(c8)c8ccncc8n9-c8ccccc8)c7c6)n5)ccc43)c2)cc1. The Kier molecular flexibility index (Phi) is 8.75. The van der Waals surface area contributed by atoms with Crippen LogP contribution < -0.4 is 0 Å². The highest BCUT2D eigenvalue weighted by atomic mass is 15.1. The number of para-hydroxylation sites is 3. The molecule has 14 rings (SSSR count). The predicted octanol–water partition coefficient (Wildman–Crippen LogP) is 15.2. The summed E-state index contributed by atoms with van der Waals surface area (Å²) in [6.45, 7) is 0. The fraction of sp³-hybridized carbons (Fsp3) is 0. The number of hydrogen-bond donors (Lipinski definition) is 0. The maximum atomic E-state index is 5.33. The van der Waals surface area contributed by atoms with E-state index in [1.165, 1.54) is 16.2 Å². The third kappa shape index (κ3) is 6.29. The molecule has 0 saturated heterocycles. The highest BCUT2D eigenvalue weighted by Crippen LogP contribution is 2.40. The first-order valence-electron chi connectivity index (χ1n) is 23.2. The lowest BCUT2D eigenvalue weighted by Crippen LogP contribution is -2.00. The van der Waals surface area contributed by atoms with Gasteiger partial charge in [0.15, 0.2) is 5.82 Å².